The highest BCUT2D eigenvalue weighted by Gasteiger charge is 2.28. The third kappa shape index (κ3) is 4.55. The van der Waals surface area contributed by atoms with E-state index in [1.165, 1.54) is 0 Å². The summed E-state index contributed by atoms with van der Waals surface area (Å²) in [4.78, 5) is 16.3. The van der Waals surface area contributed by atoms with Crippen LogP contribution in [0.5, 0.6) is 0 Å². The summed E-state index contributed by atoms with van der Waals surface area (Å²) in [7, 11) is -3.60. The van der Waals surface area contributed by atoms with Gasteiger partial charge in [-0.3, -0.25) is 14.1 Å². The smallest absolute Gasteiger partial charge is 0.243 e. The quantitative estimate of drug-likeness (QED) is 0.865. The zero-order chi connectivity index (χ0) is 17.7. The number of benzene rings is 1. The van der Waals surface area contributed by atoms with Gasteiger partial charge in [0.25, 0.3) is 0 Å². The Labute approximate surface area is 142 Å². The number of nitrogens with zero attached hydrogens (tertiary/aromatic N) is 2. The monoisotopic (exact) mass is 347 g/mol. The largest absolute Gasteiger partial charge is 0.350 e. The van der Waals surface area contributed by atoms with Gasteiger partial charge in [0.15, 0.2) is 0 Å². The lowest BCUT2D eigenvalue weighted by Gasteiger charge is -2.28. The van der Waals surface area contributed by atoms with Gasteiger partial charge in [0.1, 0.15) is 6.04 Å². The molecule has 1 N–H and O–H groups in total. The Bertz CT molecular complexity index is 807. The molecule has 1 atom stereocenters. The normalized spacial score (nSPS) is 12.5. The molecule has 0 aliphatic carbocycles. The minimum absolute atomic E-state index is 0.317. The zero-order valence-electron chi connectivity index (χ0n) is 13.9. The number of hydrogen-bond donors (Lipinski definition) is 1. The molecule has 1 aromatic carbocycles. The van der Waals surface area contributed by atoms with Gasteiger partial charge in [-0.2, -0.15) is 0 Å². The third-order valence-corrected chi connectivity index (χ3v) is 4.80. The first-order valence-electron chi connectivity index (χ1n) is 7.51. The SMILES string of the molecule is Cc1cccc(N([C@H](C)C(=O)NCc2ccncc2)S(C)(=O)=O)c1. The van der Waals surface area contributed by atoms with Crippen molar-refractivity contribution < 1.29 is 13.2 Å². The summed E-state index contributed by atoms with van der Waals surface area (Å²) in [6.07, 6.45) is 4.38. The molecule has 7 heteroatoms. The van der Waals surface area contributed by atoms with E-state index in [0.717, 1.165) is 21.7 Å². The van der Waals surface area contributed by atoms with Crippen molar-refractivity contribution in [1.82, 2.24) is 10.3 Å². The van der Waals surface area contributed by atoms with Crippen molar-refractivity contribution >= 4 is 21.6 Å². The van der Waals surface area contributed by atoms with Crippen molar-refractivity contribution in [1.29, 1.82) is 0 Å². The van der Waals surface area contributed by atoms with Crippen LogP contribution in [0, 0.1) is 6.92 Å². The van der Waals surface area contributed by atoms with E-state index < -0.39 is 16.1 Å². The van der Waals surface area contributed by atoms with E-state index in [1.807, 2.05) is 13.0 Å². The van der Waals surface area contributed by atoms with Crippen LogP contribution in [0.15, 0.2) is 48.8 Å². The highest BCUT2D eigenvalue weighted by molar-refractivity contribution is 7.92. The Hall–Kier alpha value is -2.41. The van der Waals surface area contributed by atoms with Gasteiger partial charge in [0, 0.05) is 18.9 Å². The molecule has 0 saturated heterocycles. The van der Waals surface area contributed by atoms with E-state index in [9.17, 15) is 13.2 Å². The maximum Gasteiger partial charge on any atom is 0.243 e. The maximum atomic E-state index is 12.4. The molecule has 0 aliphatic heterocycles. The van der Waals surface area contributed by atoms with Gasteiger partial charge >= 0.3 is 0 Å². The molecule has 128 valence electrons. The van der Waals surface area contributed by atoms with Gasteiger partial charge in [-0.1, -0.05) is 12.1 Å². The van der Waals surface area contributed by atoms with Crippen molar-refractivity contribution in [3.05, 3.63) is 59.9 Å². The maximum absolute atomic E-state index is 12.4. The first-order chi connectivity index (χ1) is 11.3. The van der Waals surface area contributed by atoms with Crippen molar-refractivity contribution in [2.45, 2.75) is 26.4 Å². The molecule has 0 unspecified atom stereocenters. The molecule has 0 saturated carbocycles. The summed E-state index contributed by atoms with van der Waals surface area (Å²) >= 11 is 0. The molecule has 24 heavy (non-hydrogen) atoms. The van der Waals surface area contributed by atoms with Gasteiger partial charge in [-0.05, 0) is 49.2 Å². The highest BCUT2D eigenvalue weighted by Crippen LogP contribution is 2.21. The number of carbonyl (C=O) groups excluding carboxylic acids is 1. The fourth-order valence-corrected chi connectivity index (χ4v) is 3.58. The number of pyridine rings is 1. The fourth-order valence-electron chi connectivity index (χ4n) is 2.41. The zero-order valence-corrected chi connectivity index (χ0v) is 14.7. The van der Waals surface area contributed by atoms with E-state index in [2.05, 4.69) is 10.3 Å². The van der Waals surface area contributed by atoms with Crippen molar-refractivity contribution in [2.75, 3.05) is 10.6 Å². The predicted octanol–water partition coefficient (Wildman–Crippen LogP) is 1.86. The molecular weight excluding hydrogens is 326 g/mol. The summed E-state index contributed by atoms with van der Waals surface area (Å²) in [5.74, 6) is -0.362. The number of amides is 1. The van der Waals surface area contributed by atoms with Gasteiger partial charge in [0.05, 0.1) is 11.9 Å². The third-order valence-electron chi connectivity index (χ3n) is 3.56. The number of rotatable bonds is 6. The number of nitrogens with one attached hydrogen (secondary N) is 1. The Morgan fingerprint density at radius 2 is 1.92 bits per heavy atom. The van der Waals surface area contributed by atoms with Crippen LogP contribution >= 0.6 is 0 Å². The lowest BCUT2D eigenvalue weighted by atomic mass is 10.2. The molecule has 0 aliphatic rings. The molecule has 2 aromatic rings. The van der Waals surface area contributed by atoms with Gasteiger partial charge < -0.3 is 5.32 Å². The van der Waals surface area contributed by atoms with Crippen LogP contribution < -0.4 is 9.62 Å². The topological polar surface area (TPSA) is 79.4 Å². The van der Waals surface area contributed by atoms with E-state index in [4.69, 9.17) is 0 Å². The summed E-state index contributed by atoms with van der Waals surface area (Å²) in [5.41, 5.74) is 2.29. The summed E-state index contributed by atoms with van der Waals surface area (Å²) in [6, 6.07) is 9.79. The molecule has 1 aromatic heterocycles. The average Bonchev–Trinajstić information content (AvgIpc) is 2.52. The van der Waals surface area contributed by atoms with Gasteiger partial charge in [0.2, 0.25) is 15.9 Å². The molecule has 1 amide bonds. The second-order valence-corrected chi connectivity index (χ2v) is 7.51. The lowest BCUT2D eigenvalue weighted by Crippen LogP contribution is -2.47. The van der Waals surface area contributed by atoms with Crippen LogP contribution in [0.25, 0.3) is 0 Å². The minimum atomic E-state index is -3.60. The molecule has 0 fully saturated rings. The molecule has 2 rings (SSSR count). The minimum Gasteiger partial charge on any atom is -0.350 e. The van der Waals surface area contributed by atoms with Crippen molar-refractivity contribution in [2.24, 2.45) is 0 Å². The Kier molecular flexibility index (Phi) is 5.56. The van der Waals surface area contributed by atoms with Crippen LogP contribution in [0.1, 0.15) is 18.1 Å². The Morgan fingerprint density at radius 3 is 2.50 bits per heavy atom. The van der Waals surface area contributed by atoms with Gasteiger partial charge in [-0.25, -0.2) is 8.42 Å². The molecule has 6 nitrogen and oxygen atoms in total. The molecule has 0 spiro atoms. The van der Waals surface area contributed by atoms with Gasteiger partial charge in [-0.15, -0.1) is 0 Å². The highest BCUT2D eigenvalue weighted by atomic mass is 32.2. The van der Waals surface area contributed by atoms with E-state index in [0.29, 0.717) is 12.2 Å². The summed E-state index contributed by atoms with van der Waals surface area (Å²) < 4.78 is 25.5. The van der Waals surface area contributed by atoms with Crippen LogP contribution in [0.3, 0.4) is 0 Å². The predicted molar refractivity (Wildman–Crippen MR) is 94.0 cm³/mol. The fraction of sp³-hybridized carbons (Fsp3) is 0.294. The van der Waals surface area contributed by atoms with Crippen LogP contribution in [-0.2, 0) is 21.4 Å². The number of aryl methyl sites for hydroxylation is 1. The Morgan fingerprint density at radius 1 is 1.25 bits per heavy atom. The number of sulfonamides is 1. The number of aromatic nitrogens is 1. The number of carbonyl (C=O) groups is 1. The van der Waals surface area contributed by atoms with Crippen molar-refractivity contribution in [3.8, 4) is 0 Å². The second kappa shape index (κ2) is 7.44. The molecule has 0 bridgehead atoms. The molecule has 1 heterocycles. The number of anilines is 1. The van der Waals surface area contributed by atoms with Crippen LogP contribution in [0.2, 0.25) is 0 Å². The average molecular weight is 347 g/mol. The van der Waals surface area contributed by atoms with E-state index in [-0.39, 0.29) is 5.91 Å². The summed E-state index contributed by atoms with van der Waals surface area (Å²) in [5, 5.41) is 2.76. The van der Waals surface area contributed by atoms with Crippen molar-refractivity contribution in [3.63, 3.8) is 0 Å². The first-order valence-corrected chi connectivity index (χ1v) is 9.36. The number of hydrogen-bond acceptors (Lipinski definition) is 4. The second-order valence-electron chi connectivity index (χ2n) is 5.65. The molecule has 0 radical (unpaired) electrons. The van der Waals surface area contributed by atoms with E-state index in [1.54, 1.807) is 49.6 Å². The lowest BCUT2D eigenvalue weighted by molar-refractivity contribution is -0.122. The van der Waals surface area contributed by atoms with E-state index >= 15 is 0 Å². The van der Waals surface area contributed by atoms with Crippen LogP contribution in [0.4, 0.5) is 5.69 Å². The summed E-state index contributed by atoms with van der Waals surface area (Å²) in [6.45, 7) is 3.76. The standard InChI is InChI=1S/C17H21N3O3S/c1-13-5-4-6-16(11-13)20(24(3,22)23)14(2)17(21)19-12-15-7-9-18-10-8-15/h4-11,14H,12H2,1-3H3,(H,19,21)/t14-/m1/s1. The Balaban J connectivity index is 2.19. The van der Waals surface area contributed by atoms with Crippen LogP contribution in [-0.4, -0.2) is 31.6 Å². The first kappa shape index (κ1) is 17.9. The molecular formula is C17H21N3O3S.